The third-order valence-electron chi connectivity index (χ3n) is 1.67. The van der Waals surface area contributed by atoms with Crippen LogP contribution in [0.2, 0.25) is 0 Å². The van der Waals surface area contributed by atoms with Crippen molar-refractivity contribution in [2.45, 2.75) is 11.8 Å². The van der Waals surface area contributed by atoms with E-state index in [1.165, 1.54) is 0 Å². The van der Waals surface area contributed by atoms with E-state index in [4.69, 9.17) is 23.2 Å². The predicted octanol–water partition coefficient (Wildman–Crippen LogP) is 3.11. The van der Waals surface area contributed by atoms with E-state index in [1.54, 1.807) is 12.1 Å². The number of alkyl halides is 2. The number of Topliss-reactive ketones (excluding diaryl/α,β-unsaturated/α-hetero) is 1. The molecule has 0 heterocycles. The molecule has 0 aliphatic heterocycles. The fourth-order valence-electron chi connectivity index (χ4n) is 0.998. The van der Waals surface area contributed by atoms with Crippen LogP contribution in [-0.2, 0) is 0 Å². The van der Waals surface area contributed by atoms with Gasteiger partial charge in [-0.3, -0.25) is 4.79 Å². The highest BCUT2D eigenvalue weighted by Gasteiger charge is 2.11. The summed E-state index contributed by atoms with van der Waals surface area (Å²) in [6.07, 6.45) is 0.301. The minimum absolute atomic E-state index is 0.0428. The monoisotopic (exact) mass is 216 g/mol. The number of ketones is 1. The number of carbonyl (C=O) groups excluding carboxylic acids is 1. The molecule has 3 heteroatoms. The molecule has 70 valence electrons. The zero-order valence-electron chi connectivity index (χ0n) is 7.04. The van der Waals surface area contributed by atoms with E-state index in [2.05, 4.69) is 0 Å². The third-order valence-corrected chi connectivity index (χ3v) is 2.51. The minimum Gasteiger partial charge on any atom is -0.294 e. The van der Waals surface area contributed by atoms with Crippen LogP contribution in [0.4, 0.5) is 0 Å². The second-order valence-electron chi connectivity index (χ2n) is 2.74. The lowest BCUT2D eigenvalue weighted by Gasteiger charge is -2.03. The second kappa shape index (κ2) is 5.25. The first-order valence-electron chi connectivity index (χ1n) is 4.02. The first-order valence-corrected chi connectivity index (χ1v) is 4.99. The maximum atomic E-state index is 11.5. The van der Waals surface area contributed by atoms with Gasteiger partial charge in [0.25, 0.3) is 0 Å². The summed E-state index contributed by atoms with van der Waals surface area (Å²) in [5, 5.41) is -0.269. The van der Waals surface area contributed by atoms with Crippen LogP contribution in [0, 0.1) is 0 Å². The van der Waals surface area contributed by atoms with Gasteiger partial charge in [-0.25, -0.2) is 0 Å². The van der Waals surface area contributed by atoms with E-state index < -0.39 is 0 Å². The highest BCUT2D eigenvalue weighted by Crippen LogP contribution is 2.10. The van der Waals surface area contributed by atoms with Crippen molar-refractivity contribution in [1.82, 2.24) is 0 Å². The summed E-state index contributed by atoms with van der Waals surface area (Å²) < 4.78 is 0. The molecule has 0 aliphatic rings. The summed E-state index contributed by atoms with van der Waals surface area (Å²) in [5.41, 5.74) is 0.693. The molecular formula is C10H10Cl2O. The molecule has 0 fully saturated rings. The van der Waals surface area contributed by atoms with Gasteiger partial charge in [0.05, 0.1) is 5.38 Å². The lowest BCUT2D eigenvalue weighted by atomic mass is 10.1. The lowest BCUT2D eigenvalue weighted by molar-refractivity contribution is 0.0983. The molecule has 1 atom stereocenters. The fourth-order valence-corrected chi connectivity index (χ4v) is 1.25. The molecule has 0 radical (unpaired) electrons. The number of rotatable bonds is 4. The van der Waals surface area contributed by atoms with Gasteiger partial charge < -0.3 is 0 Å². The summed E-state index contributed by atoms with van der Waals surface area (Å²) in [6.45, 7) is 0. The summed E-state index contributed by atoms with van der Waals surface area (Å²) in [4.78, 5) is 11.5. The third kappa shape index (κ3) is 3.37. The Hall–Kier alpha value is -0.530. The maximum absolute atomic E-state index is 11.5. The number of hydrogen-bond acceptors (Lipinski definition) is 1. The quantitative estimate of drug-likeness (QED) is 0.559. The Morgan fingerprint density at radius 1 is 1.31 bits per heavy atom. The van der Waals surface area contributed by atoms with E-state index in [0.29, 0.717) is 17.9 Å². The van der Waals surface area contributed by atoms with Gasteiger partial charge in [-0.1, -0.05) is 30.3 Å². The zero-order chi connectivity index (χ0) is 9.68. The summed E-state index contributed by atoms with van der Waals surface area (Å²) in [5.74, 6) is 0.349. The summed E-state index contributed by atoms with van der Waals surface area (Å²) in [6, 6.07) is 9.09. The van der Waals surface area contributed by atoms with Crippen LogP contribution < -0.4 is 0 Å². The molecule has 1 rings (SSSR count). The molecular weight excluding hydrogens is 207 g/mol. The number of carbonyl (C=O) groups is 1. The minimum atomic E-state index is -0.269. The van der Waals surface area contributed by atoms with E-state index in [9.17, 15) is 4.79 Å². The van der Waals surface area contributed by atoms with E-state index in [0.717, 1.165) is 0 Å². The van der Waals surface area contributed by atoms with Crippen molar-refractivity contribution >= 4 is 29.0 Å². The van der Waals surface area contributed by atoms with Crippen LogP contribution in [0.15, 0.2) is 30.3 Å². The Labute approximate surface area is 87.7 Å². The van der Waals surface area contributed by atoms with Gasteiger partial charge in [0.2, 0.25) is 0 Å². The Bertz CT molecular complexity index is 272. The van der Waals surface area contributed by atoms with Gasteiger partial charge in [0.15, 0.2) is 5.78 Å². The number of halogens is 2. The van der Waals surface area contributed by atoms with Crippen LogP contribution in [0.3, 0.4) is 0 Å². The molecule has 1 aromatic rings. The smallest absolute Gasteiger partial charge is 0.164 e. The molecule has 13 heavy (non-hydrogen) atoms. The van der Waals surface area contributed by atoms with Crippen LogP contribution in [0.1, 0.15) is 16.8 Å². The standard InChI is InChI=1S/C10H10Cl2O/c11-7-9(12)6-10(13)8-4-2-1-3-5-8/h1-5,9H,6-7H2. The SMILES string of the molecule is O=C(CC(Cl)CCl)c1ccccc1. The van der Waals surface area contributed by atoms with E-state index in [-0.39, 0.29) is 11.2 Å². The van der Waals surface area contributed by atoms with Gasteiger partial charge in [0.1, 0.15) is 0 Å². The summed E-state index contributed by atoms with van der Waals surface area (Å²) in [7, 11) is 0. The Balaban J connectivity index is 2.59. The predicted molar refractivity (Wildman–Crippen MR) is 55.8 cm³/mol. The Morgan fingerprint density at radius 3 is 2.46 bits per heavy atom. The molecule has 0 amide bonds. The van der Waals surface area contributed by atoms with Crippen molar-refractivity contribution in [3.8, 4) is 0 Å². The Morgan fingerprint density at radius 2 is 1.92 bits per heavy atom. The normalized spacial score (nSPS) is 12.5. The zero-order valence-corrected chi connectivity index (χ0v) is 8.55. The van der Waals surface area contributed by atoms with Crippen molar-refractivity contribution in [1.29, 1.82) is 0 Å². The molecule has 1 nitrogen and oxygen atoms in total. The molecule has 0 aliphatic carbocycles. The van der Waals surface area contributed by atoms with Gasteiger partial charge in [-0.15, -0.1) is 23.2 Å². The van der Waals surface area contributed by atoms with Crippen LogP contribution in [-0.4, -0.2) is 17.0 Å². The van der Waals surface area contributed by atoms with Crippen molar-refractivity contribution in [2.24, 2.45) is 0 Å². The van der Waals surface area contributed by atoms with Crippen LogP contribution >= 0.6 is 23.2 Å². The Kier molecular flexibility index (Phi) is 4.26. The van der Waals surface area contributed by atoms with Crippen molar-refractivity contribution < 1.29 is 4.79 Å². The second-order valence-corrected chi connectivity index (χ2v) is 3.67. The lowest BCUT2D eigenvalue weighted by Crippen LogP contribution is -2.09. The topological polar surface area (TPSA) is 17.1 Å². The largest absolute Gasteiger partial charge is 0.294 e. The maximum Gasteiger partial charge on any atom is 0.164 e. The molecule has 1 unspecified atom stereocenters. The molecule has 0 aromatic heterocycles. The van der Waals surface area contributed by atoms with E-state index >= 15 is 0 Å². The van der Waals surface area contributed by atoms with Crippen molar-refractivity contribution in [3.63, 3.8) is 0 Å². The van der Waals surface area contributed by atoms with Gasteiger partial charge in [-0.05, 0) is 0 Å². The summed E-state index contributed by atoms with van der Waals surface area (Å²) >= 11 is 11.3. The molecule has 0 saturated heterocycles. The fraction of sp³-hybridized carbons (Fsp3) is 0.300. The van der Waals surface area contributed by atoms with Crippen LogP contribution in [0.5, 0.6) is 0 Å². The van der Waals surface area contributed by atoms with Crippen molar-refractivity contribution in [3.05, 3.63) is 35.9 Å². The highest BCUT2D eigenvalue weighted by atomic mass is 35.5. The molecule has 0 bridgehead atoms. The van der Waals surface area contributed by atoms with E-state index in [1.807, 2.05) is 18.2 Å². The molecule has 0 spiro atoms. The average Bonchev–Trinajstić information content (AvgIpc) is 2.19. The molecule has 0 saturated carbocycles. The number of benzene rings is 1. The first kappa shape index (κ1) is 10.6. The van der Waals surface area contributed by atoms with Gasteiger partial charge in [-0.2, -0.15) is 0 Å². The van der Waals surface area contributed by atoms with Crippen LogP contribution in [0.25, 0.3) is 0 Å². The molecule has 1 aromatic carbocycles. The molecule has 0 N–H and O–H groups in total. The van der Waals surface area contributed by atoms with Gasteiger partial charge in [0, 0.05) is 17.9 Å². The number of hydrogen-bond donors (Lipinski definition) is 0. The van der Waals surface area contributed by atoms with Gasteiger partial charge >= 0.3 is 0 Å². The highest BCUT2D eigenvalue weighted by molar-refractivity contribution is 6.29. The van der Waals surface area contributed by atoms with Crippen molar-refractivity contribution in [2.75, 3.05) is 5.88 Å². The average molecular weight is 217 g/mol. The first-order chi connectivity index (χ1) is 6.24.